The lowest BCUT2D eigenvalue weighted by molar-refractivity contribution is 0.271. The third-order valence-corrected chi connectivity index (χ3v) is 4.32. The van der Waals surface area contributed by atoms with Gasteiger partial charge in [-0.15, -0.1) is 12.4 Å². The summed E-state index contributed by atoms with van der Waals surface area (Å²) in [4.78, 5) is 7.01. The van der Waals surface area contributed by atoms with Gasteiger partial charge in [0.2, 0.25) is 0 Å². The molecule has 0 saturated carbocycles. The maximum atomic E-state index is 5.87. The van der Waals surface area contributed by atoms with E-state index < -0.39 is 0 Å². The lowest BCUT2D eigenvalue weighted by Gasteiger charge is -2.22. The fraction of sp³-hybridized carbons (Fsp3) is 0.533. The van der Waals surface area contributed by atoms with E-state index in [1.807, 2.05) is 6.20 Å². The molecule has 1 fully saturated rings. The Morgan fingerprint density at radius 2 is 2.25 bits per heavy atom. The summed E-state index contributed by atoms with van der Waals surface area (Å²) < 4.78 is 2.20. The molecule has 2 aromatic heterocycles. The molecule has 110 valence electrons. The van der Waals surface area contributed by atoms with Gasteiger partial charge in [-0.1, -0.05) is 13.0 Å². The summed E-state index contributed by atoms with van der Waals surface area (Å²) in [7, 11) is 0. The van der Waals surface area contributed by atoms with Gasteiger partial charge in [0.05, 0.1) is 11.9 Å². The molecule has 1 aliphatic heterocycles. The summed E-state index contributed by atoms with van der Waals surface area (Å²) >= 11 is 0. The third-order valence-electron chi connectivity index (χ3n) is 4.32. The average Bonchev–Trinajstić information content (AvgIpc) is 2.97. The molecule has 5 heteroatoms. The molecule has 1 saturated heterocycles. The summed E-state index contributed by atoms with van der Waals surface area (Å²) in [6.45, 7) is 8.34. The van der Waals surface area contributed by atoms with Gasteiger partial charge in [-0.25, -0.2) is 4.98 Å². The van der Waals surface area contributed by atoms with Gasteiger partial charge < -0.3 is 10.1 Å². The zero-order valence-electron chi connectivity index (χ0n) is 12.2. The number of aryl methyl sites for hydroxylation is 1. The molecule has 20 heavy (non-hydrogen) atoms. The first-order valence-corrected chi connectivity index (χ1v) is 6.95. The van der Waals surface area contributed by atoms with Crippen LogP contribution in [0.5, 0.6) is 0 Å². The summed E-state index contributed by atoms with van der Waals surface area (Å²) in [6, 6.07) is 4.19. The summed E-state index contributed by atoms with van der Waals surface area (Å²) in [5.74, 6) is 0. The molecular formula is C15H23ClN4. The van der Waals surface area contributed by atoms with E-state index in [0.717, 1.165) is 31.8 Å². The zero-order valence-corrected chi connectivity index (χ0v) is 13.0. The van der Waals surface area contributed by atoms with E-state index in [2.05, 4.69) is 46.5 Å². The molecular weight excluding hydrogens is 272 g/mol. The second kappa shape index (κ2) is 5.72. The molecule has 3 rings (SSSR count). The Labute approximate surface area is 126 Å². The molecule has 0 bridgehead atoms. The highest BCUT2D eigenvalue weighted by Crippen LogP contribution is 2.29. The number of nitrogens with zero attached hydrogens (tertiary/aromatic N) is 3. The van der Waals surface area contributed by atoms with Gasteiger partial charge in [0.1, 0.15) is 5.65 Å². The molecule has 3 heterocycles. The highest BCUT2D eigenvalue weighted by molar-refractivity contribution is 5.85. The molecule has 1 aliphatic rings. The van der Waals surface area contributed by atoms with E-state index in [9.17, 15) is 0 Å². The van der Waals surface area contributed by atoms with Gasteiger partial charge in [-0.3, -0.25) is 4.90 Å². The van der Waals surface area contributed by atoms with Crippen LogP contribution < -0.4 is 5.73 Å². The van der Waals surface area contributed by atoms with Crippen LogP contribution in [0.15, 0.2) is 24.5 Å². The molecule has 1 atom stereocenters. The number of rotatable bonds is 3. The average molecular weight is 295 g/mol. The Kier molecular flexibility index (Phi) is 4.37. The zero-order chi connectivity index (χ0) is 13.5. The lowest BCUT2D eigenvalue weighted by Crippen LogP contribution is -2.31. The van der Waals surface area contributed by atoms with Crippen LogP contribution in [0, 0.1) is 12.3 Å². The van der Waals surface area contributed by atoms with Gasteiger partial charge in [-0.05, 0) is 43.5 Å². The molecule has 0 aromatic carbocycles. The standard InChI is InChI=1S/C15H22N4.ClH/c1-12-4-3-6-19-13(8-17-14(12)19)9-18-7-5-15(2,10-16)11-18;/h3-4,6,8H,5,7,9-11,16H2,1-2H3;1H. The van der Waals surface area contributed by atoms with Crippen molar-refractivity contribution in [1.82, 2.24) is 14.3 Å². The van der Waals surface area contributed by atoms with Crippen LogP contribution >= 0.6 is 12.4 Å². The molecule has 1 unspecified atom stereocenters. The van der Waals surface area contributed by atoms with Crippen molar-refractivity contribution in [2.45, 2.75) is 26.8 Å². The molecule has 0 spiro atoms. The Morgan fingerprint density at radius 1 is 1.45 bits per heavy atom. The highest BCUT2D eigenvalue weighted by Gasteiger charge is 2.32. The predicted octanol–water partition coefficient (Wildman–Crippen LogP) is 2.24. The molecule has 4 nitrogen and oxygen atoms in total. The van der Waals surface area contributed by atoms with Crippen LogP contribution in [0.3, 0.4) is 0 Å². The normalized spacial score (nSPS) is 23.1. The lowest BCUT2D eigenvalue weighted by atomic mass is 9.90. The number of aromatic nitrogens is 2. The first-order valence-electron chi connectivity index (χ1n) is 6.95. The Bertz CT molecular complexity index is 595. The Hall–Kier alpha value is -1.10. The Morgan fingerprint density at radius 3 is 2.95 bits per heavy atom. The van der Waals surface area contributed by atoms with E-state index in [0.29, 0.717) is 0 Å². The number of hydrogen-bond donors (Lipinski definition) is 1. The topological polar surface area (TPSA) is 46.6 Å². The second-order valence-corrected chi connectivity index (χ2v) is 6.11. The maximum Gasteiger partial charge on any atom is 0.139 e. The minimum absolute atomic E-state index is 0. The molecule has 0 amide bonds. The van der Waals surface area contributed by atoms with Crippen LogP contribution in [0.1, 0.15) is 24.6 Å². The van der Waals surface area contributed by atoms with Crippen molar-refractivity contribution in [3.63, 3.8) is 0 Å². The number of pyridine rings is 1. The van der Waals surface area contributed by atoms with Crippen molar-refractivity contribution >= 4 is 18.1 Å². The predicted molar refractivity (Wildman–Crippen MR) is 84.2 cm³/mol. The van der Waals surface area contributed by atoms with Gasteiger partial charge >= 0.3 is 0 Å². The smallest absolute Gasteiger partial charge is 0.139 e. The minimum Gasteiger partial charge on any atom is -0.330 e. The summed E-state index contributed by atoms with van der Waals surface area (Å²) in [6.07, 6.45) is 5.29. The fourth-order valence-corrected chi connectivity index (χ4v) is 2.98. The number of imidazole rings is 1. The highest BCUT2D eigenvalue weighted by atomic mass is 35.5. The van der Waals surface area contributed by atoms with Crippen LogP contribution in [0.25, 0.3) is 5.65 Å². The second-order valence-electron chi connectivity index (χ2n) is 6.11. The number of likely N-dealkylation sites (tertiary alicyclic amines) is 1. The monoisotopic (exact) mass is 294 g/mol. The Balaban J connectivity index is 0.00000147. The quantitative estimate of drug-likeness (QED) is 0.944. The SMILES string of the molecule is Cc1cccn2c(CN3CCC(C)(CN)C3)cnc12.Cl. The van der Waals surface area contributed by atoms with Gasteiger partial charge in [0, 0.05) is 19.3 Å². The summed E-state index contributed by atoms with van der Waals surface area (Å²) in [5.41, 5.74) is 9.71. The number of hydrogen-bond acceptors (Lipinski definition) is 3. The largest absolute Gasteiger partial charge is 0.330 e. The van der Waals surface area contributed by atoms with E-state index in [4.69, 9.17) is 5.73 Å². The minimum atomic E-state index is 0. The number of halogens is 1. The van der Waals surface area contributed by atoms with E-state index in [-0.39, 0.29) is 17.8 Å². The summed E-state index contributed by atoms with van der Waals surface area (Å²) in [5, 5.41) is 0. The van der Waals surface area contributed by atoms with Crippen LogP contribution in [0.4, 0.5) is 0 Å². The van der Waals surface area contributed by atoms with Crippen molar-refractivity contribution in [3.05, 3.63) is 35.8 Å². The first kappa shape index (κ1) is 15.3. The molecule has 2 N–H and O–H groups in total. The third kappa shape index (κ3) is 2.68. The molecule has 0 radical (unpaired) electrons. The molecule has 2 aromatic rings. The van der Waals surface area contributed by atoms with Crippen molar-refractivity contribution < 1.29 is 0 Å². The van der Waals surface area contributed by atoms with E-state index >= 15 is 0 Å². The van der Waals surface area contributed by atoms with Crippen LogP contribution in [0.2, 0.25) is 0 Å². The van der Waals surface area contributed by atoms with Crippen LogP contribution in [-0.4, -0.2) is 33.9 Å². The van der Waals surface area contributed by atoms with Crippen molar-refractivity contribution in [3.8, 4) is 0 Å². The van der Waals surface area contributed by atoms with Crippen LogP contribution in [-0.2, 0) is 6.54 Å². The van der Waals surface area contributed by atoms with Crippen molar-refractivity contribution in [1.29, 1.82) is 0 Å². The van der Waals surface area contributed by atoms with Gasteiger partial charge in [0.15, 0.2) is 0 Å². The number of nitrogens with two attached hydrogens (primary N) is 1. The first-order chi connectivity index (χ1) is 9.11. The maximum absolute atomic E-state index is 5.87. The fourth-order valence-electron chi connectivity index (χ4n) is 2.98. The number of fused-ring (bicyclic) bond motifs is 1. The van der Waals surface area contributed by atoms with E-state index in [1.165, 1.54) is 17.7 Å². The van der Waals surface area contributed by atoms with Gasteiger partial charge in [-0.2, -0.15) is 0 Å². The molecule has 0 aliphatic carbocycles. The van der Waals surface area contributed by atoms with Crippen molar-refractivity contribution in [2.75, 3.05) is 19.6 Å². The van der Waals surface area contributed by atoms with E-state index in [1.54, 1.807) is 0 Å². The van der Waals surface area contributed by atoms with Gasteiger partial charge in [0.25, 0.3) is 0 Å². The van der Waals surface area contributed by atoms with Crippen molar-refractivity contribution in [2.24, 2.45) is 11.1 Å².